The summed E-state index contributed by atoms with van der Waals surface area (Å²) in [6.45, 7) is 0. The zero-order valence-electron chi connectivity index (χ0n) is 11.1. The first kappa shape index (κ1) is 13.7. The van der Waals surface area contributed by atoms with Crippen LogP contribution < -0.4 is 14.2 Å². The van der Waals surface area contributed by atoms with E-state index in [0.29, 0.717) is 17.2 Å². The van der Waals surface area contributed by atoms with Gasteiger partial charge in [0.15, 0.2) is 0 Å². The van der Waals surface area contributed by atoms with Gasteiger partial charge in [-0.2, -0.15) is 0 Å². The second-order valence-electron chi connectivity index (χ2n) is 3.95. The molecule has 5 nitrogen and oxygen atoms in total. The molecule has 0 fully saturated rings. The van der Waals surface area contributed by atoms with E-state index in [1.807, 2.05) is 0 Å². The Morgan fingerprint density at radius 1 is 0.950 bits per heavy atom. The van der Waals surface area contributed by atoms with Crippen LogP contribution in [0.1, 0.15) is 10.4 Å². The van der Waals surface area contributed by atoms with E-state index in [0.717, 1.165) is 0 Å². The molecule has 0 aliphatic rings. The molecular weight excluding hydrogens is 260 g/mol. The molecule has 0 aliphatic heterocycles. The number of rotatable bonds is 5. The number of hydrogen-bond donors (Lipinski definition) is 1. The number of para-hydroxylation sites is 1. The van der Waals surface area contributed by atoms with Crippen LogP contribution in [0.15, 0.2) is 42.5 Å². The second kappa shape index (κ2) is 5.97. The average Bonchev–Trinajstić information content (AvgIpc) is 2.47. The molecule has 0 atom stereocenters. The molecular formula is C15H14O5. The normalized spacial score (nSPS) is 9.90. The van der Waals surface area contributed by atoms with E-state index in [2.05, 4.69) is 0 Å². The van der Waals surface area contributed by atoms with Crippen LogP contribution in [0.3, 0.4) is 0 Å². The van der Waals surface area contributed by atoms with Crippen molar-refractivity contribution in [1.29, 1.82) is 0 Å². The van der Waals surface area contributed by atoms with Gasteiger partial charge in [-0.3, -0.25) is 0 Å². The summed E-state index contributed by atoms with van der Waals surface area (Å²) in [6.07, 6.45) is 0. The van der Waals surface area contributed by atoms with Gasteiger partial charge in [0, 0.05) is 18.2 Å². The van der Waals surface area contributed by atoms with E-state index in [-0.39, 0.29) is 11.3 Å². The van der Waals surface area contributed by atoms with Gasteiger partial charge in [0.2, 0.25) is 0 Å². The number of carboxylic acid groups (broad SMARTS) is 1. The molecule has 20 heavy (non-hydrogen) atoms. The molecule has 0 amide bonds. The fraction of sp³-hybridized carbons (Fsp3) is 0.133. The first-order valence-corrected chi connectivity index (χ1v) is 5.87. The van der Waals surface area contributed by atoms with Gasteiger partial charge < -0.3 is 19.3 Å². The molecule has 0 aliphatic carbocycles. The number of hydrogen-bond acceptors (Lipinski definition) is 4. The molecule has 1 N–H and O–H groups in total. The van der Waals surface area contributed by atoms with Gasteiger partial charge in [0.25, 0.3) is 0 Å². The highest BCUT2D eigenvalue weighted by Crippen LogP contribution is 2.32. The molecule has 0 saturated carbocycles. The highest BCUT2D eigenvalue weighted by atomic mass is 16.5. The van der Waals surface area contributed by atoms with Crippen molar-refractivity contribution in [2.75, 3.05) is 14.2 Å². The van der Waals surface area contributed by atoms with Gasteiger partial charge in [-0.1, -0.05) is 12.1 Å². The number of carbonyl (C=O) groups is 1. The summed E-state index contributed by atoms with van der Waals surface area (Å²) >= 11 is 0. The van der Waals surface area contributed by atoms with Crippen LogP contribution >= 0.6 is 0 Å². The van der Waals surface area contributed by atoms with Crippen molar-refractivity contribution >= 4 is 5.97 Å². The Balaban J connectivity index is 2.37. The molecule has 0 bridgehead atoms. The van der Waals surface area contributed by atoms with Gasteiger partial charge in [0.05, 0.1) is 14.2 Å². The maximum atomic E-state index is 11.1. The van der Waals surface area contributed by atoms with E-state index in [1.165, 1.54) is 20.3 Å². The van der Waals surface area contributed by atoms with Crippen molar-refractivity contribution in [2.24, 2.45) is 0 Å². The van der Waals surface area contributed by atoms with Crippen LogP contribution in [-0.4, -0.2) is 25.3 Å². The third-order valence-electron chi connectivity index (χ3n) is 2.67. The minimum atomic E-state index is -1.05. The van der Waals surface area contributed by atoms with E-state index < -0.39 is 5.97 Å². The Hall–Kier alpha value is -2.69. The minimum absolute atomic E-state index is 0.0919. The van der Waals surface area contributed by atoms with Crippen molar-refractivity contribution in [3.8, 4) is 23.0 Å². The molecule has 2 aromatic rings. The lowest BCUT2D eigenvalue weighted by atomic mass is 10.2. The van der Waals surface area contributed by atoms with Crippen molar-refractivity contribution in [1.82, 2.24) is 0 Å². The predicted molar refractivity (Wildman–Crippen MR) is 73.0 cm³/mol. The Labute approximate surface area is 116 Å². The highest BCUT2D eigenvalue weighted by Gasteiger charge is 2.12. The SMILES string of the molecule is COc1cc(OC)cc(Oc2ccccc2C(=O)O)c1. The molecule has 0 saturated heterocycles. The summed E-state index contributed by atoms with van der Waals surface area (Å²) in [5, 5.41) is 9.12. The molecule has 0 unspecified atom stereocenters. The number of benzene rings is 2. The van der Waals surface area contributed by atoms with Crippen LogP contribution in [0.4, 0.5) is 0 Å². The van der Waals surface area contributed by atoms with Gasteiger partial charge in [-0.25, -0.2) is 4.79 Å². The van der Waals surface area contributed by atoms with E-state index in [4.69, 9.17) is 19.3 Å². The molecule has 5 heteroatoms. The minimum Gasteiger partial charge on any atom is -0.496 e. The summed E-state index contributed by atoms with van der Waals surface area (Å²) in [5.41, 5.74) is 0.0919. The third kappa shape index (κ3) is 3.00. The van der Waals surface area contributed by atoms with Gasteiger partial charge in [-0.15, -0.1) is 0 Å². The zero-order valence-corrected chi connectivity index (χ0v) is 11.1. The average molecular weight is 274 g/mol. The topological polar surface area (TPSA) is 65.0 Å². The Kier molecular flexibility index (Phi) is 4.10. The largest absolute Gasteiger partial charge is 0.496 e. The number of aromatic carboxylic acids is 1. The first-order valence-electron chi connectivity index (χ1n) is 5.87. The molecule has 0 radical (unpaired) electrons. The quantitative estimate of drug-likeness (QED) is 0.907. The molecule has 104 valence electrons. The van der Waals surface area contributed by atoms with Crippen molar-refractivity contribution in [3.05, 3.63) is 48.0 Å². The molecule has 2 aromatic carbocycles. The lowest BCUT2D eigenvalue weighted by molar-refractivity contribution is 0.0694. The standard InChI is InChI=1S/C15H14O5/c1-18-10-7-11(19-2)9-12(8-10)20-14-6-4-3-5-13(14)15(16)17/h3-9H,1-2H3,(H,16,17). The maximum absolute atomic E-state index is 11.1. The monoisotopic (exact) mass is 274 g/mol. The van der Waals surface area contributed by atoms with Gasteiger partial charge >= 0.3 is 5.97 Å². The molecule has 2 rings (SSSR count). The lowest BCUT2D eigenvalue weighted by Crippen LogP contribution is -1.99. The fourth-order valence-electron chi connectivity index (χ4n) is 1.70. The van der Waals surface area contributed by atoms with Crippen LogP contribution in [0.2, 0.25) is 0 Å². The van der Waals surface area contributed by atoms with Crippen LogP contribution in [0.25, 0.3) is 0 Å². The fourth-order valence-corrected chi connectivity index (χ4v) is 1.70. The Morgan fingerprint density at radius 2 is 1.50 bits per heavy atom. The molecule has 0 aromatic heterocycles. The Morgan fingerprint density at radius 3 is 2.05 bits per heavy atom. The zero-order chi connectivity index (χ0) is 14.5. The number of ether oxygens (including phenoxy) is 3. The summed E-state index contributed by atoms with van der Waals surface area (Å²) in [5.74, 6) is 0.778. The Bertz CT molecular complexity index is 599. The number of carboxylic acids is 1. The van der Waals surface area contributed by atoms with Gasteiger partial charge in [0.1, 0.15) is 28.6 Å². The van der Waals surface area contributed by atoms with E-state index >= 15 is 0 Å². The second-order valence-corrected chi connectivity index (χ2v) is 3.95. The van der Waals surface area contributed by atoms with Gasteiger partial charge in [-0.05, 0) is 12.1 Å². The third-order valence-corrected chi connectivity index (χ3v) is 2.67. The first-order chi connectivity index (χ1) is 9.63. The predicted octanol–water partition coefficient (Wildman–Crippen LogP) is 3.19. The highest BCUT2D eigenvalue weighted by molar-refractivity contribution is 5.90. The van der Waals surface area contributed by atoms with E-state index in [9.17, 15) is 4.79 Å². The number of methoxy groups -OCH3 is 2. The van der Waals surface area contributed by atoms with E-state index in [1.54, 1.807) is 36.4 Å². The smallest absolute Gasteiger partial charge is 0.339 e. The summed E-state index contributed by atoms with van der Waals surface area (Å²) in [6, 6.07) is 11.4. The van der Waals surface area contributed by atoms with Crippen molar-refractivity contribution in [2.45, 2.75) is 0 Å². The van der Waals surface area contributed by atoms with Crippen LogP contribution in [0, 0.1) is 0 Å². The van der Waals surface area contributed by atoms with Crippen LogP contribution in [-0.2, 0) is 0 Å². The van der Waals surface area contributed by atoms with Crippen LogP contribution in [0.5, 0.6) is 23.0 Å². The van der Waals surface area contributed by atoms with Crippen molar-refractivity contribution in [3.63, 3.8) is 0 Å². The molecule has 0 heterocycles. The summed E-state index contributed by atoms with van der Waals surface area (Å²) in [7, 11) is 3.06. The molecule has 0 spiro atoms. The summed E-state index contributed by atoms with van der Waals surface area (Å²) < 4.78 is 15.9. The lowest BCUT2D eigenvalue weighted by Gasteiger charge is -2.11. The summed E-state index contributed by atoms with van der Waals surface area (Å²) in [4.78, 5) is 11.1. The maximum Gasteiger partial charge on any atom is 0.339 e. The van der Waals surface area contributed by atoms with Crippen molar-refractivity contribution < 1.29 is 24.1 Å².